The monoisotopic (exact) mass is 291 g/mol. The summed E-state index contributed by atoms with van der Waals surface area (Å²) >= 11 is 0. The highest BCUT2D eigenvalue weighted by Gasteiger charge is 2.38. The first kappa shape index (κ1) is 16.5. The van der Waals surface area contributed by atoms with Crippen molar-refractivity contribution >= 4 is 0 Å². The number of aryl methyl sites for hydroxylation is 1. The minimum absolute atomic E-state index is 0.131. The van der Waals surface area contributed by atoms with Gasteiger partial charge in [-0.05, 0) is 67.3 Å². The molecule has 0 saturated heterocycles. The van der Waals surface area contributed by atoms with Crippen LogP contribution in [0.1, 0.15) is 70.0 Å². The molecule has 21 heavy (non-hydrogen) atoms. The maximum absolute atomic E-state index is 13.4. The van der Waals surface area contributed by atoms with Crippen molar-refractivity contribution < 1.29 is 4.39 Å². The molecule has 2 heteroatoms. The molecule has 1 fully saturated rings. The highest BCUT2D eigenvalue weighted by molar-refractivity contribution is 5.30. The molecule has 1 N–H and O–H groups in total. The molecule has 0 amide bonds. The van der Waals surface area contributed by atoms with E-state index in [1.165, 1.54) is 31.2 Å². The molecule has 0 aliphatic heterocycles. The highest BCUT2D eigenvalue weighted by Crippen LogP contribution is 2.47. The molecule has 118 valence electrons. The molecule has 1 aromatic rings. The molecule has 1 aliphatic rings. The number of hydrogen-bond acceptors (Lipinski definition) is 1. The lowest BCUT2D eigenvalue weighted by Gasteiger charge is -2.44. The summed E-state index contributed by atoms with van der Waals surface area (Å²) < 4.78 is 13.4. The first-order chi connectivity index (χ1) is 9.95. The van der Waals surface area contributed by atoms with E-state index < -0.39 is 0 Å². The van der Waals surface area contributed by atoms with Gasteiger partial charge in [0.2, 0.25) is 0 Å². The lowest BCUT2D eigenvalue weighted by atomic mass is 9.64. The molecule has 0 aromatic heterocycles. The van der Waals surface area contributed by atoms with Crippen molar-refractivity contribution in [3.8, 4) is 0 Å². The standard InChI is InChI=1S/C19H30FN/c1-5-12-21-18(16-10-9-15(20)13-14(16)2)17-8-6-7-11-19(17,3)4/h9-10,13,17-18,21H,5-8,11-12H2,1-4H3. The van der Waals surface area contributed by atoms with Crippen LogP contribution >= 0.6 is 0 Å². The van der Waals surface area contributed by atoms with Crippen molar-refractivity contribution in [1.82, 2.24) is 5.32 Å². The van der Waals surface area contributed by atoms with E-state index >= 15 is 0 Å². The Bertz CT molecular complexity index is 467. The molecular weight excluding hydrogens is 261 g/mol. The number of halogens is 1. The zero-order valence-electron chi connectivity index (χ0n) is 14.0. The second-order valence-corrected chi connectivity index (χ2v) is 7.27. The maximum atomic E-state index is 13.4. The van der Waals surface area contributed by atoms with Gasteiger partial charge in [0.05, 0.1) is 0 Å². The minimum atomic E-state index is -0.131. The van der Waals surface area contributed by atoms with Crippen molar-refractivity contribution in [2.45, 2.75) is 65.8 Å². The lowest BCUT2D eigenvalue weighted by molar-refractivity contribution is 0.0979. The molecule has 1 saturated carbocycles. The van der Waals surface area contributed by atoms with Gasteiger partial charge in [0.15, 0.2) is 0 Å². The Balaban J connectivity index is 2.32. The van der Waals surface area contributed by atoms with Crippen LogP contribution in [0.3, 0.4) is 0 Å². The van der Waals surface area contributed by atoms with Gasteiger partial charge in [-0.3, -0.25) is 0 Å². The normalized spacial score (nSPS) is 23.0. The van der Waals surface area contributed by atoms with Crippen LogP contribution in [0.2, 0.25) is 0 Å². The maximum Gasteiger partial charge on any atom is 0.123 e. The van der Waals surface area contributed by atoms with E-state index in [2.05, 4.69) is 26.1 Å². The molecule has 1 nitrogen and oxygen atoms in total. The molecule has 0 spiro atoms. The first-order valence-electron chi connectivity index (χ1n) is 8.45. The van der Waals surface area contributed by atoms with Gasteiger partial charge in [-0.15, -0.1) is 0 Å². The van der Waals surface area contributed by atoms with Crippen molar-refractivity contribution in [3.05, 3.63) is 35.1 Å². The lowest BCUT2D eigenvalue weighted by Crippen LogP contribution is -2.39. The van der Waals surface area contributed by atoms with Crippen molar-refractivity contribution in [3.63, 3.8) is 0 Å². The zero-order valence-corrected chi connectivity index (χ0v) is 14.0. The van der Waals surface area contributed by atoms with Gasteiger partial charge in [-0.2, -0.15) is 0 Å². The fraction of sp³-hybridized carbons (Fsp3) is 0.684. The Hall–Kier alpha value is -0.890. The van der Waals surface area contributed by atoms with E-state index in [1.54, 1.807) is 12.1 Å². The largest absolute Gasteiger partial charge is 0.310 e. The van der Waals surface area contributed by atoms with Crippen LogP contribution in [0.25, 0.3) is 0 Å². The molecule has 0 bridgehead atoms. The Morgan fingerprint density at radius 1 is 1.33 bits per heavy atom. The third-order valence-corrected chi connectivity index (χ3v) is 5.17. The summed E-state index contributed by atoms with van der Waals surface area (Å²) in [6.07, 6.45) is 6.35. The van der Waals surface area contributed by atoms with Crippen LogP contribution in [0.5, 0.6) is 0 Å². The van der Waals surface area contributed by atoms with Gasteiger partial charge in [-0.1, -0.05) is 39.7 Å². The second-order valence-electron chi connectivity index (χ2n) is 7.27. The van der Waals surface area contributed by atoms with E-state index in [1.807, 2.05) is 13.0 Å². The number of rotatable bonds is 5. The van der Waals surface area contributed by atoms with Gasteiger partial charge in [0.1, 0.15) is 5.82 Å². The molecule has 2 atom stereocenters. The first-order valence-corrected chi connectivity index (χ1v) is 8.45. The summed E-state index contributed by atoms with van der Waals surface area (Å²) in [7, 11) is 0. The van der Waals surface area contributed by atoms with Crippen molar-refractivity contribution in [1.29, 1.82) is 0 Å². The van der Waals surface area contributed by atoms with Gasteiger partial charge in [-0.25, -0.2) is 4.39 Å². The van der Waals surface area contributed by atoms with E-state index in [4.69, 9.17) is 0 Å². The zero-order chi connectivity index (χ0) is 15.5. The van der Waals surface area contributed by atoms with Crippen LogP contribution in [0, 0.1) is 24.1 Å². The SMILES string of the molecule is CCCNC(c1ccc(F)cc1C)C1CCCCC1(C)C. The number of hydrogen-bond donors (Lipinski definition) is 1. The Labute approximate surface area is 129 Å². The van der Waals surface area contributed by atoms with Gasteiger partial charge in [0, 0.05) is 6.04 Å². The topological polar surface area (TPSA) is 12.0 Å². The molecule has 1 aromatic carbocycles. The Kier molecular flexibility index (Phi) is 5.43. The van der Waals surface area contributed by atoms with Crippen LogP contribution < -0.4 is 5.32 Å². The predicted molar refractivity (Wildman–Crippen MR) is 87.9 cm³/mol. The van der Waals surface area contributed by atoms with Crippen LogP contribution in [0.15, 0.2) is 18.2 Å². The minimum Gasteiger partial charge on any atom is -0.310 e. The third-order valence-electron chi connectivity index (χ3n) is 5.17. The Morgan fingerprint density at radius 2 is 2.10 bits per heavy atom. The molecular formula is C19H30FN. The third kappa shape index (κ3) is 3.85. The Morgan fingerprint density at radius 3 is 2.71 bits per heavy atom. The summed E-state index contributed by atoms with van der Waals surface area (Å²) in [5, 5.41) is 3.75. The summed E-state index contributed by atoms with van der Waals surface area (Å²) in [5.41, 5.74) is 2.71. The van der Waals surface area contributed by atoms with Gasteiger partial charge >= 0.3 is 0 Å². The highest BCUT2D eigenvalue weighted by atomic mass is 19.1. The summed E-state index contributed by atoms with van der Waals surface area (Å²) in [6.45, 7) is 10.1. The second kappa shape index (κ2) is 6.91. The van der Waals surface area contributed by atoms with Crippen LogP contribution in [0.4, 0.5) is 4.39 Å². The number of benzene rings is 1. The summed E-state index contributed by atoms with van der Waals surface area (Å²) in [5.74, 6) is 0.496. The molecule has 1 aliphatic carbocycles. The predicted octanol–water partition coefficient (Wildman–Crippen LogP) is 5.39. The van der Waals surface area contributed by atoms with E-state index in [0.717, 1.165) is 18.5 Å². The molecule has 2 rings (SSSR count). The van der Waals surface area contributed by atoms with Crippen molar-refractivity contribution in [2.24, 2.45) is 11.3 Å². The fourth-order valence-electron chi connectivity index (χ4n) is 3.90. The van der Waals surface area contributed by atoms with Gasteiger partial charge < -0.3 is 5.32 Å². The average Bonchev–Trinajstić information content (AvgIpc) is 2.42. The molecule has 2 unspecified atom stereocenters. The fourth-order valence-corrected chi connectivity index (χ4v) is 3.90. The van der Waals surface area contributed by atoms with E-state index in [0.29, 0.717) is 17.4 Å². The average molecular weight is 291 g/mol. The summed E-state index contributed by atoms with van der Waals surface area (Å²) in [4.78, 5) is 0. The van der Waals surface area contributed by atoms with Crippen LogP contribution in [-0.2, 0) is 0 Å². The molecule has 0 heterocycles. The van der Waals surface area contributed by atoms with Gasteiger partial charge in [0.25, 0.3) is 0 Å². The van der Waals surface area contributed by atoms with E-state index in [9.17, 15) is 4.39 Å². The molecule has 0 radical (unpaired) electrons. The smallest absolute Gasteiger partial charge is 0.123 e. The van der Waals surface area contributed by atoms with Crippen molar-refractivity contribution in [2.75, 3.05) is 6.54 Å². The number of nitrogens with one attached hydrogen (secondary N) is 1. The summed E-state index contributed by atoms with van der Waals surface area (Å²) in [6, 6.07) is 5.62. The van der Waals surface area contributed by atoms with E-state index in [-0.39, 0.29) is 5.82 Å². The van der Waals surface area contributed by atoms with Crippen LogP contribution in [-0.4, -0.2) is 6.54 Å². The quantitative estimate of drug-likeness (QED) is 0.766.